The number of oxazole rings is 1. The summed E-state index contributed by atoms with van der Waals surface area (Å²) < 4.78 is 43.6. The second kappa shape index (κ2) is 6.00. The Morgan fingerprint density at radius 1 is 1.12 bits per heavy atom. The van der Waals surface area contributed by atoms with Gasteiger partial charge < -0.3 is 4.42 Å². The van der Waals surface area contributed by atoms with Gasteiger partial charge in [-0.25, -0.2) is 27.3 Å². The Morgan fingerprint density at radius 2 is 1.79 bits per heavy atom. The van der Waals surface area contributed by atoms with Gasteiger partial charge in [0.2, 0.25) is 10.0 Å². The molecule has 0 bridgehead atoms. The Hall–Kier alpha value is -2.23. The van der Waals surface area contributed by atoms with E-state index in [1.54, 1.807) is 24.3 Å². The lowest BCUT2D eigenvalue weighted by atomic mass is 10.1. The van der Waals surface area contributed by atoms with Crippen LogP contribution in [0.25, 0.3) is 16.9 Å². The zero-order chi connectivity index (χ0) is 17.5. The molecule has 0 aliphatic rings. The summed E-state index contributed by atoms with van der Waals surface area (Å²) in [5.41, 5.74) is 1.07. The number of rotatable bonds is 3. The van der Waals surface area contributed by atoms with Gasteiger partial charge in [-0.05, 0) is 36.4 Å². The van der Waals surface area contributed by atoms with Crippen molar-refractivity contribution in [2.75, 3.05) is 0 Å². The van der Waals surface area contributed by atoms with Crippen LogP contribution < -0.4 is 10.9 Å². The number of primary sulfonamides is 1. The summed E-state index contributed by atoms with van der Waals surface area (Å²) in [6.45, 7) is 0. The second-order valence-corrected chi connectivity index (χ2v) is 7.33. The predicted octanol–water partition coefficient (Wildman–Crippen LogP) is 2.65. The lowest BCUT2D eigenvalue weighted by Gasteiger charge is -2.08. The molecule has 0 saturated carbocycles. The van der Waals surface area contributed by atoms with E-state index >= 15 is 0 Å². The average molecular weight is 413 g/mol. The van der Waals surface area contributed by atoms with Crippen LogP contribution >= 0.6 is 15.9 Å². The first kappa shape index (κ1) is 16.6. The number of sulfonamides is 1. The topological polar surface area (TPSA) is 95.3 Å². The molecule has 0 aliphatic carbocycles. The Morgan fingerprint density at radius 3 is 2.38 bits per heavy atom. The van der Waals surface area contributed by atoms with Crippen LogP contribution in [0, 0.1) is 5.82 Å². The van der Waals surface area contributed by atoms with Crippen molar-refractivity contribution in [1.29, 1.82) is 0 Å². The van der Waals surface area contributed by atoms with Crippen LogP contribution in [0.2, 0.25) is 0 Å². The van der Waals surface area contributed by atoms with Crippen molar-refractivity contribution >= 4 is 26.0 Å². The molecule has 1 heterocycles. The van der Waals surface area contributed by atoms with Gasteiger partial charge in [-0.2, -0.15) is 0 Å². The van der Waals surface area contributed by atoms with Crippen molar-refractivity contribution in [2.45, 2.75) is 4.90 Å². The molecule has 24 heavy (non-hydrogen) atoms. The van der Waals surface area contributed by atoms with Crippen LogP contribution in [-0.2, 0) is 10.0 Å². The molecule has 1 aromatic heterocycles. The highest BCUT2D eigenvalue weighted by Crippen LogP contribution is 2.25. The summed E-state index contributed by atoms with van der Waals surface area (Å²) in [4.78, 5) is 11.4. The van der Waals surface area contributed by atoms with Crippen LogP contribution in [0.3, 0.4) is 0 Å². The molecule has 0 atom stereocenters. The molecule has 2 aromatic carbocycles. The summed E-state index contributed by atoms with van der Waals surface area (Å²) >= 11 is 3.30. The molecule has 3 aromatic rings. The Labute approximate surface area is 144 Å². The maximum Gasteiger partial charge on any atom is 0.424 e. The molecular weight excluding hydrogens is 403 g/mol. The van der Waals surface area contributed by atoms with Gasteiger partial charge in [-0.1, -0.05) is 22.0 Å². The summed E-state index contributed by atoms with van der Waals surface area (Å²) in [5, 5.41) is 4.94. The van der Waals surface area contributed by atoms with E-state index in [-0.39, 0.29) is 11.3 Å². The molecule has 0 spiro atoms. The van der Waals surface area contributed by atoms with Crippen molar-refractivity contribution in [3.63, 3.8) is 0 Å². The van der Waals surface area contributed by atoms with Crippen molar-refractivity contribution in [3.8, 4) is 16.9 Å². The predicted molar refractivity (Wildman–Crippen MR) is 88.8 cm³/mol. The third kappa shape index (κ3) is 3.05. The van der Waals surface area contributed by atoms with E-state index in [1.807, 2.05) is 0 Å². The first-order chi connectivity index (χ1) is 11.3. The molecule has 2 N–H and O–H groups in total. The normalized spacial score (nSPS) is 11.6. The van der Waals surface area contributed by atoms with E-state index in [9.17, 15) is 17.6 Å². The Kier molecular flexibility index (Phi) is 4.16. The molecule has 9 heteroatoms. The highest BCUT2D eigenvalue weighted by molar-refractivity contribution is 9.10. The minimum Gasteiger partial charge on any atom is -0.415 e. The number of nitrogens with zero attached hydrogens (tertiary/aromatic N) is 1. The zero-order valence-corrected chi connectivity index (χ0v) is 14.3. The van der Waals surface area contributed by atoms with E-state index < -0.39 is 26.5 Å². The van der Waals surface area contributed by atoms with Crippen molar-refractivity contribution < 1.29 is 17.2 Å². The highest BCUT2D eigenvalue weighted by atomic mass is 79.9. The van der Waals surface area contributed by atoms with E-state index in [1.165, 1.54) is 16.9 Å². The fourth-order valence-electron chi connectivity index (χ4n) is 2.23. The summed E-state index contributed by atoms with van der Waals surface area (Å²) in [6, 6.07) is 10.2. The third-order valence-electron chi connectivity index (χ3n) is 3.31. The third-order valence-corrected chi connectivity index (χ3v) is 4.79. The van der Waals surface area contributed by atoms with Gasteiger partial charge >= 0.3 is 5.76 Å². The lowest BCUT2D eigenvalue weighted by molar-refractivity contribution is 0.504. The van der Waals surface area contributed by atoms with Crippen LogP contribution in [0.15, 0.2) is 67.3 Å². The Balaban J connectivity index is 2.17. The number of hydrogen-bond acceptors (Lipinski definition) is 4. The molecule has 0 fully saturated rings. The van der Waals surface area contributed by atoms with Crippen LogP contribution in [0.1, 0.15) is 0 Å². The van der Waals surface area contributed by atoms with Crippen LogP contribution in [-0.4, -0.2) is 13.0 Å². The molecule has 0 saturated heterocycles. The average Bonchev–Trinajstić information content (AvgIpc) is 2.88. The molecule has 0 radical (unpaired) electrons. The second-order valence-electron chi connectivity index (χ2n) is 4.89. The molecule has 0 amide bonds. The fourth-order valence-corrected chi connectivity index (χ4v) is 3.09. The zero-order valence-electron chi connectivity index (χ0n) is 11.9. The summed E-state index contributed by atoms with van der Waals surface area (Å²) in [7, 11) is -4.17. The van der Waals surface area contributed by atoms with Gasteiger partial charge in [0.25, 0.3) is 0 Å². The largest absolute Gasteiger partial charge is 0.424 e. The standard InChI is InChI=1S/C15H10BrFN2O4S/c16-10-2-4-11(5-3-10)19-13(8-23-15(19)20)9-1-6-14(12(17)7-9)24(18,21)22/h1-8H,(H2,18,21,22). The number of halogens is 2. The minimum absolute atomic E-state index is 0.272. The van der Waals surface area contributed by atoms with Crippen molar-refractivity contribution in [1.82, 2.24) is 4.57 Å². The van der Waals surface area contributed by atoms with Gasteiger partial charge in [0.05, 0.1) is 11.4 Å². The molecular formula is C15H10BrFN2O4S. The van der Waals surface area contributed by atoms with E-state index in [2.05, 4.69) is 15.9 Å². The molecule has 6 nitrogen and oxygen atoms in total. The first-order valence-corrected chi connectivity index (χ1v) is 8.90. The van der Waals surface area contributed by atoms with Gasteiger partial charge in [-0.3, -0.25) is 0 Å². The SMILES string of the molecule is NS(=O)(=O)c1ccc(-c2coc(=O)n2-c2ccc(Br)cc2)cc1F. The van der Waals surface area contributed by atoms with Crippen LogP contribution in [0.5, 0.6) is 0 Å². The maximum absolute atomic E-state index is 14.0. The number of nitrogens with two attached hydrogens (primary N) is 1. The number of aromatic nitrogens is 1. The van der Waals surface area contributed by atoms with Gasteiger partial charge in [0, 0.05) is 10.0 Å². The lowest BCUT2D eigenvalue weighted by Crippen LogP contribution is -2.15. The van der Waals surface area contributed by atoms with Crippen molar-refractivity contribution in [3.05, 3.63) is 69.6 Å². The van der Waals surface area contributed by atoms with Gasteiger partial charge in [-0.15, -0.1) is 0 Å². The highest BCUT2D eigenvalue weighted by Gasteiger charge is 2.18. The number of benzene rings is 2. The summed E-state index contributed by atoms with van der Waals surface area (Å²) in [6.07, 6.45) is 1.18. The molecule has 124 valence electrons. The fraction of sp³-hybridized carbons (Fsp3) is 0. The molecule has 0 unspecified atom stereocenters. The van der Waals surface area contributed by atoms with E-state index in [0.717, 1.165) is 16.6 Å². The first-order valence-electron chi connectivity index (χ1n) is 6.56. The van der Waals surface area contributed by atoms with E-state index in [4.69, 9.17) is 9.56 Å². The van der Waals surface area contributed by atoms with Gasteiger partial charge in [0.15, 0.2) is 0 Å². The summed E-state index contributed by atoms with van der Waals surface area (Å²) in [5.74, 6) is -1.66. The Bertz CT molecular complexity index is 1070. The quantitative estimate of drug-likeness (QED) is 0.714. The minimum atomic E-state index is -4.17. The maximum atomic E-state index is 14.0. The molecule has 0 aliphatic heterocycles. The molecule has 3 rings (SSSR count). The van der Waals surface area contributed by atoms with Crippen LogP contribution in [0.4, 0.5) is 4.39 Å². The van der Waals surface area contributed by atoms with Crippen molar-refractivity contribution in [2.24, 2.45) is 5.14 Å². The monoisotopic (exact) mass is 412 g/mol. The van der Waals surface area contributed by atoms with Gasteiger partial charge in [0.1, 0.15) is 17.0 Å². The van der Waals surface area contributed by atoms with E-state index in [0.29, 0.717) is 5.69 Å². The smallest absolute Gasteiger partial charge is 0.415 e. The number of hydrogen-bond donors (Lipinski definition) is 1.